The van der Waals surface area contributed by atoms with Crippen molar-refractivity contribution in [3.63, 3.8) is 0 Å². The molecule has 0 fully saturated rings. The van der Waals surface area contributed by atoms with Crippen LogP contribution in [-0.4, -0.2) is 14.5 Å². The maximum Gasteiger partial charge on any atom is 0.0956 e. The lowest BCUT2D eigenvalue weighted by atomic mass is 9.94. The van der Waals surface area contributed by atoms with Crippen LogP contribution in [0.4, 0.5) is 0 Å². The highest BCUT2D eigenvalue weighted by Crippen LogP contribution is 2.43. The molecule has 2 aromatic heterocycles. The molecule has 20 heavy (non-hydrogen) atoms. The van der Waals surface area contributed by atoms with Crippen molar-refractivity contribution in [3.8, 4) is 11.3 Å². The predicted octanol–water partition coefficient (Wildman–Crippen LogP) is 4.10. The van der Waals surface area contributed by atoms with Gasteiger partial charge in [0.2, 0.25) is 0 Å². The Kier molecular flexibility index (Phi) is 2.70. The maximum absolute atomic E-state index is 4.32. The minimum atomic E-state index is 0.390. The molecule has 3 heterocycles. The Labute approximate surface area is 121 Å². The molecule has 0 N–H and O–H groups in total. The first-order valence-electron chi connectivity index (χ1n) is 6.84. The number of rotatable bonds is 3. The Morgan fingerprint density at radius 2 is 2.15 bits per heavy atom. The van der Waals surface area contributed by atoms with Gasteiger partial charge in [-0.3, -0.25) is 4.98 Å². The number of hydrogen-bond donors (Lipinski definition) is 0. The molecule has 2 unspecified atom stereocenters. The lowest BCUT2D eigenvalue weighted by Gasteiger charge is -2.18. The van der Waals surface area contributed by atoms with E-state index in [0.29, 0.717) is 12.0 Å². The lowest BCUT2D eigenvalue weighted by molar-refractivity contribution is 0.516. The van der Waals surface area contributed by atoms with Gasteiger partial charge in [0.1, 0.15) is 0 Å². The monoisotopic (exact) mass is 281 g/mol. The van der Waals surface area contributed by atoms with E-state index in [1.807, 2.05) is 24.2 Å². The van der Waals surface area contributed by atoms with E-state index in [-0.39, 0.29) is 0 Å². The number of nitrogens with zero attached hydrogens (tertiary/aromatic N) is 3. The minimum absolute atomic E-state index is 0.390. The van der Waals surface area contributed by atoms with Gasteiger partial charge in [-0.15, -0.1) is 11.3 Å². The molecule has 4 heteroatoms. The molecule has 0 spiro atoms. The molecule has 100 valence electrons. The third kappa shape index (κ3) is 1.72. The van der Waals surface area contributed by atoms with Crippen LogP contribution < -0.4 is 0 Å². The second-order valence-corrected chi connectivity index (χ2v) is 6.25. The van der Waals surface area contributed by atoms with Crippen LogP contribution in [0.1, 0.15) is 35.7 Å². The summed E-state index contributed by atoms with van der Waals surface area (Å²) in [6, 6.07) is 9.06. The Morgan fingerprint density at radius 3 is 3.00 bits per heavy atom. The molecule has 0 aliphatic carbocycles. The largest absolute Gasteiger partial charge is 0.323 e. The van der Waals surface area contributed by atoms with Gasteiger partial charge in [0.05, 0.1) is 29.8 Å². The van der Waals surface area contributed by atoms with E-state index in [2.05, 4.69) is 45.7 Å². The van der Waals surface area contributed by atoms with Gasteiger partial charge in [0.15, 0.2) is 0 Å². The predicted molar refractivity (Wildman–Crippen MR) is 80.9 cm³/mol. The van der Waals surface area contributed by atoms with E-state index in [4.69, 9.17) is 0 Å². The van der Waals surface area contributed by atoms with Crippen molar-refractivity contribution in [1.82, 2.24) is 14.5 Å². The summed E-state index contributed by atoms with van der Waals surface area (Å²) in [7, 11) is 0. The van der Waals surface area contributed by atoms with Gasteiger partial charge in [0.25, 0.3) is 0 Å². The highest BCUT2D eigenvalue weighted by atomic mass is 32.1. The zero-order chi connectivity index (χ0) is 13.5. The highest BCUT2D eigenvalue weighted by Gasteiger charge is 2.29. The summed E-state index contributed by atoms with van der Waals surface area (Å²) < 4.78 is 2.31. The highest BCUT2D eigenvalue weighted by molar-refractivity contribution is 7.09. The van der Waals surface area contributed by atoms with E-state index < -0.39 is 0 Å². The first kappa shape index (κ1) is 11.9. The van der Waals surface area contributed by atoms with Crippen LogP contribution in [0.2, 0.25) is 0 Å². The van der Waals surface area contributed by atoms with Crippen molar-refractivity contribution in [3.05, 3.63) is 58.9 Å². The summed E-state index contributed by atoms with van der Waals surface area (Å²) in [6.07, 6.45) is 7.00. The molecule has 4 rings (SSSR count). The van der Waals surface area contributed by atoms with Crippen molar-refractivity contribution in [2.45, 2.75) is 25.3 Å². The zero-order valence-electron chi connectivity index (χ0n) is 11.2. The standard InChI is InChI=1S/C16H15N3S/c1-11(16-8-18-10-20-16)6-14-12-4-2-3-5-13(12)15-7-17-9-19(14)15/h2-5,7-11,14H,6H2,1H3. The number of thiazole rings is 1. The molecule has 0 radical (unpaired) electrons. The topological polar surface area (TPSA) is 30.7 Å². The average Bonchev–Trinajstić information content (AvgIpc) is 3.17. The van der Waals surface area contributed by atoms with Crippen molar-refractivity contribution in [2.75, 3.05) is 0 Å². The van der Waals surface area contributed by atoms with Gasteiger partial charge in [-0.2, -0.15) is 0 Å². The molecule has 3 nitrogen and oxygen atoms in total. The average molecular weight is 281 g/mol. The summed E-state index contributed by atoms with van der Waals surface area (Å²) in [5.74, 6) is 0.508. The number of benzene rings is 1. The van der Waals surface area contributed by atoms with Crippen LogP contribution in [0.15, 0.2) is 48.5 Å². The first-order chi connectivity index (χ1) is 9.84. The number of fused-ring (bicyclic) bond motifs is 3. The quantitative estimate of drug-likeness (QED) is 0.723. The van der Waals surface area contributed by atoms with Crippen LogP contribution >= 0.6 is 11.3 Å². The zero-order valence-corrected chi connectivity index (χ0v) is 12.0. The van der Waals surface area contributed by atoms with Crippen LogP contribution in [0.3, 0.4) is 0 Å². The number of imidazole rings is 1. The fourth-order valence-corrected chi connectivity index (χ4v) is 3.79. The maximum atomic E-state index is 4.32. The van der Waals surface area contributed by atoms with Gasteiger partial charge in [-0.25, -0.2) is 4.98 Å². The molecular weight excluding hydrogens is 266 g/mol. The molecule has 0 saturated carbocycles. The Hall–Kier alpha value is -1.94. The molecular formula is C16H15N3S. The summed E-state index contributed by atoms with van der Waals surface area (Å²) >= 11 is 1.74. The van der Waals surface area contributed by atoms with Crippen molar-refractivity contribution >= 4 is 11.3 Å². The molecule has 1 aliphatic heterocycles. The van der Waals surface area contributed by atoms with E-state index in [9.17, 15) is 0 Å². The first-order valence-corrected chi connectivity index (χ1v) is 7.72. The van der Waals surface area contributed by atoms with Gasteiger partial charge in [-0.1, -0.05) is 31.2 Å². The summed E-state index contributed by atoms with van der Waals surface area (Å²) in [5.41, 5.74) is 5.90. The van der Waals surface area contributed by atoms with E-state index in [1.165, 1.54) is 21.7 Å². The van der Waals surface area contributed by atoms with Gasteiger partial charge in [-0.05, 0) is 17.9 Å². The molecule has 1 aliphatic rings. The molecule has 0 bridgehead atoms. The molecule has 0 saturated heterocycles. The van der Waals surface area contributed by atoms with Crippen LogP contribution in [0.5, 0.6) is 0 Å². The van der Waals surface area contributed by atoms with Crippen LogP contribution in [0.25, 0.3) is 11.3 Å². The van der Waals surface area contributed by atoms with Gasteiger partial charge in [0, 0.05) is 16.6 Å². The van der Waals surface area contributed by atoms with Crippen molar-refractivity contribution in [2.24, 2.45) is 0 Å². The Bertz CT molecular complexity index is 730. The second kappa shape index (κ2) is 4.56. The van der Waals surface area contributed by atoms with Crippen molar-refractivity contribution in [1.29, 1.82) is 0 Å². The molecule has 1 aromatic carbocycles. The van der Waals surface area contributed by atoms with Gasteiger partial charge < -0.3 is 4.57 Å². The third-order valence-electron chi connectivity index (χ3n) is 4.11. The Balaban J connectivity index is 1.72. The van der Waals surface area contributed by atoms with E-state index in [1.54, 1.807) is 11.3 Å². The third-order valence-corrected chi connectivity index (χ3v) is 5.12. The molecule has 2 atom stereocenters. The lowest BCUT2D eigenvalue weighted by Crippen LogP contribution is -2.08. The summed E-state index contributed by atoms with van der Waals surface area (Å²) in [6.45, 7) is 2.28. The number of hydrogen-bond acceptors (Lipinski definition) is 3. The fraction of sp³-hybridized carbons (Fsp3) is 0.250. The summed E-state index contributed by atoms with van der Waals surface area (Å²) in [4.78, 5) is 9.87. The van der Waals surface area contributed by atoms with Crippen molar-refractivity contribution < 1.29 is 0 Å². The number of aromatic nitrogens is 3. The fourth-order valence-electron chi connectivity index (χ4n) is 3.09. The van der Waals surface area contributed by atoms with Crippen LogP contribution in [0, 0.1) is 0 Å². The normalized spacial score (nSPS) is 17.8. The van der Waals surface area contributed by atoms with Crippen LogP contribution in [-0.2, 0) is 0 Å². The molecule has 3 aromatic rings. The van der Waals surface area contributed by atoms with E-state index >= 15 is 0 Å². The Morgan fingerprint density at radius 1 is 1.25 bits per heavy atom. The van der Waals surface area contributed by atoms with Gasteiger partial charge >= 0.3 is 0 Å². The van der Waals surface area contributed by atoms with E-state index in [0.717, 1.165) is 6.42 Å². The smallest absolute Gasteiger partial charge is 0.0956 e. The SMILES string of the molecule is CC(CC1c2ccccc2-c2cncn21)c1cncs1. The minimum Gasteiger partial charge on any atom is -0.323 e. The molecule has 0 amide bonds. The second-order valence-electron chi connectivity index (χ2n) is 5.33. The summed E-state index contributed by atoms with van der Waals surface area (Å²) in [5, 5.41) is 0.